The molecule has 1 heterocycles. The van der Waals surface area contributed by atoms with Crippen LogP contribution in [-0.2, 0) is 10.2 Å². The number of carbonyl (C=O) groups is 1. The highest BCUT2D eigenvalue weighted by Gasteiger charge is 2.18. The molecule has 3 aromatic rings. The smallest absolute Gasteiger partial charge is 0.339 e. The Hall–Kier alpha value is -3.41. The molecule has 6 heteroatoms. The lowest BCUT2D eigenvalue weighted by molar-refractivity contribution is 0.0602. The van der Waals surface area contributed by atoms with Gasteiger partial charge >= 0.3 is 5.97 Å². The molecule has 6 nitrogen and oxygen atoms in total. The van der Waals surface area contributed by atoms with E-state index in [-0.39, 0.29) is 5.41 Å². The summed E-state index contributed by atoms with van der Waals surface area (Å²) in [6.45, 7) is 6.51. The molecule has 0 bridgehead atoms. The minimum absolute atomic E-state index is 0.00282. The number of methoxy groups -OCH3 is 1. The first kappa shape index (κ1) is 19.4. The molecule has 0 spiro atoms. The van der Waals surface area contributed by atoms with Crippen molar-refractivity contribution in [2.75, 3.05) is 17.7 Å². The molecule has 0 saturated heterocycles. The quantitative estimate of drug-likeness (QED) is 0.607. The van der Waals surface area contributed by atoms with E-state index in [1.54, 1.807) is 30.5 Å². The monoisotopic (exact) mass is 376 g/mol. The van der Waals surface area contributed by atoms with Gasteiger partial charge in [0.05, 0.1) is 18.4 Å². The number of ether oxygens (including phenoxy) is 1. The van der Waals surface area contributed by atoms with Gasteiger partial charge in [0.1, 0.15) is 5.82 Å². The van der Waals surface area contributed by atoms with Crippen LogP contribution >= 0.6 is 0 Å². The molecule has 0 fully saturated rings. The third-order valence-corrected chi connectivity index (χ3v) is 4.23. The van der Waals surface area contributed by atoms with Crippen LogP contribution in [0.3, 0.4) is 0 Å². The summed E-state index contributed by atoms with van der Waals surface area (Å²) in [5.74, 6) is 0.621. The van der Waals surface area contributed by atoms with Crippen molar-refractivity contribution in [2.45, 2.75) is 26.2 Å². The van der Waals surface area contributed by atoms with Gasteiger partial charge in [-0.05, 0) is 35.2 Å². The second-order valence-corrected chi connectivity index (χ2v) is 7.35. The number of hydrogen-bond acceptors (Lipinski definition) is 6. The predicted molar refractivity (Wildman–Crippen MR) is 112 cm³/mol. The number of nitrogens with zero attached hydrogens (tertiary/aromatic N) is 2. The molecule has 3 rings (SSSR count). The Balaban J connectivity index is 1.86. The minimum Gasteiger partial charge on any atom is -0.465 e. The lowest BCUT2D eigenvalue weighted by Gasteiger charge is -2.23. The van der Waals surface area contributed by atoms with Crippen LogP contribution in [0.1, 0.15) is 36.7 Å². The normalized spacial score (nSPS) is 11.0. The third kappa shape index (κ3) is 4.46. The van der Waals surface area contributed by atoms with Gasteiger partial charge in [0.25, 0.3) is 0 Å². The number of nitrogens with one attached hydrogen (secondary N) is 2. The van der Waals surface area contributed by atoms with Crippen molar-refractivity contribution in [3.05, 3.63) is 71.9 Å². The van der Waals surface area contributed by atoms with Gasteiger partial charge in [0, 0.05) is 11.9 Å². The van der Waals surface area contributed by atoms with Crippen LogP contribution in [0.5, 0.6) is 0 Å². The van der Waals surface area contributed by atoms with E-state index in [0.29, 0.717) is 23.0 Å². The first-order chi connectivity index (χ1) is 13.4. The van der Waals surface area contributed by atoms with Gasteiger partial charge in [-0.15, -0.1) is 0 Å². The van der Waals surface area contributed by atoms with Gasteiger partial charge in [-0.25, -0.2) is 9.78 Å². The van der Waals surface area contributed by atoms with E-state index in [1.165, 1.54) is 12.7 Å². The van der Waals surface area contributed by atoms with Gasteiger partial charge in [-0.2, -0.15) is 4.98 Å². The molecule has 0 unspecified atom stereocenters. The summed E-state index contributed by atoms with van der Waals surface area (Å²) in [7, 11) is 1.35. The van der Waals surface area contributed by atoms with Crippen molar-refractivity contribution in [1.82, 2.24) is 9.97 Å². The summed E-state index contributed by atoms with van der Waals surface area (Å²) in [5, 5.41) is 6.47. The minimum atomic E-state index is -0.420. The van der Waals surface area contributed by atoms with Crippen molar-refractivity contribution >= 4 is 29.1 Å². The Kier molecular flexibility index (Phi) is 5.59. The van der Waals surface area contributed by atoms with Gasteiger partial charge in [0.15, 0.2) is 0 Å². The first-order valence-corrected chi connectivity index (χ1v) is 9.02. The lowest BCUT2D eigenvalue weighted by atomic mass is 9.86. The van der Waals surface area contributed by atoms with E-state index in [4.69, 9.17) is 4.74 Å². The highest BCUT2D eigenvalue weighted by atomic mass is 16.5. The molecule has 2 aromatic carbocycles. The maximum Gasteiger partial charge on any atom is 0.339 e. The Morgan fingerprint density at radius 1 is 0.929 bits per heavy atom. The summed E-state index contributed by atoms with van der Waals surface area (Å²) in [6.07, 6.45) is 1.66. The van der Waals surface area contributed by atoms with Crippen molar-refractivity contribution in [3.8, 4) is 0 Å². The number of esters is 1. The zero-order valence-corrected chi connectivity index (χ0v) is 16.5. The number of para-hydroxylation sites is 2. The average molecular weight is 376 g/mol. The van der Waals surface area contributed by atoms with Crippen molar-refractivity contribution in [1.29, 1.82) is 0 Å². The van der Waals surface area contributed by atoms with Gasteiger partial charge in [-0.3, -0.25) is 0 Å². The summed E-state index contributed by atoms with van der Waals surface area (Å²) >= 11 is 0. The number of anilines is 4. The standard InChI is InChI=1S/C22H24N4O2/c1-22(2,3)16-10-6-8-12-18(16)24-19-13-14-23-21(26-19)25-17-11-7-5-9-15(17)20(27)28-4/h5-14H,1-4H3,(H2,23,24,25,26). The maximum absolute atomic E-state index is 11.9. The number of benzene rings is 2. The average Bonchev–Trinajstić information content (AvgIpc) is 2.68. The highest BCUT2D eigenvalue weighted by Crippen LogP contribution is 2.31. The Morgan fingerprint density at radius 3 is 2.32 bits per heavy atom. The third-order valence-electron chi connectivity index (χ3n) is 4.23. The second-order valence-electron chi connectivity index (χ2n) is 7.35. The largest absolute Gasteiger partial charge is 0.465 e. The number of rotatable bonds is 5. The molecule has 0 aliphatic heterocycles. The fourth-order valence-electron chi connectivity index (χ4n) is 2.87. The van der Waals surface area contributed by atoms with Crippen LogP contribution in [0.25, 0.3) is 0 Å². The van der Waals surface area contributed by atoms with E-state index < -0.39 is 5.97 Å². The molecule has 0 atom stereocenters. The fraction of sp³-hybridized carbons (Fsp3) is 0.227. The molecule has 28 heavy (non-hydrogen) atoms. The predicted octanol–water partition coefficient (Wildman–Crippen LogP) is 5.05. The Labute approximate surface area is 165 Å². The Morgan fingerprint density at radius 2 is 1.61 bits per heavy atom. The number of aromatic nitrogens is 2. The van der Waals surface area contributed by atoms with Crippen LogP contribution in [0.2, 0.25) is 0 Å². The maximum atomic E-state index is 11.9. The van der Waals surface area contributed by atoms with Crippen LogP contribution in [0.15, 0.2) is 60.8 Å². The molecule has 2 N–H and O–H groups in total. The SMILES string of the molecule is COC(=O)c1ccccc1Nc1nccc(Nc2ccccc2C(C)(C)C)n1. The lowest BCUT2D eigenvalue weighted by Crippen LogP contribution is -2.14. The molecular formula is C22H24N4O2. The van der Waals surface area contributed by atoms with Gasteiger partial charge in [-0.1, -0.05) is 51.1 Å². The van der Waals surface area contributed by atoms with Crippen molar-refractivity contribution in [2.24, 2.45) is 0 Å². The van der Waals surface area contributed by atoms with Crippen molar-refractivity contribution in [3.63, 3.8) is 0 Å². The molecule has 1 aromatic heterocycles. The summed E-state index contributed by atoms with van der Waals surface area (Å²) in [5.41, 5.74) is 3.19. The molecule has 0 aliphatic rings. The summed E-state index contributed by atoms with van der Waals surface area (Å²) in [6, 6.07) is 17.0. The fourth-order valence-corrected chi connectivity index (χ4v) is 2.87. The molecular weight excluding hydrogens is 352 g/mol. The number of carbonyl (C=O) groups excluding carboxylic acids is 1. The van der Waals surface area contributed by atoms with Crippen LogP contribution < -0.4 is 10.6 Å². The van der Waals surface area contributed by atoms with Crippen LogP contribution in [0, 0.1) is 0 Å². The molecule has 0 saturated carbocycles. The van der Waals surface area contributed by atoms with E-state index in [1.807, 2.05) is 24.3 Å². The molecule has 0 aliphatic carbocycles. The zero-order chi connectivity index (χ0) is 20.1. The van der Waals surface area contributed by atoms with E-state index in [9.17, 15) is 4.79 Å². The van der Waals surface area contributed by atoms with Crippen LogP contribution in [0.4, 0.5) is 23.1 Å². The van der Waals surface area contributed by atoms with Gasteiger partial charge in [0.2, 0.25) is 5.95 Å². The van der Waals surface area contributed by atoms with E-state index in [0.717, 1.165) is 5.69 Å². The van der Waals surface area contributed by atoms with Crippen LogP contribution in [-0.4, -0.2) is 23.0 Å². The summed E-state index contributed by atoms with van der Waals surface area (Å²) < 4.78 is 4.83. The van der Waals surface area contributed by atoms with E-state index in [2.05, 4.69) is 47.4 Å². The first-order valence-electron chi connectivity index (χ1n) is 9.02. The molecule has 144 valence electrons. The summed E-state index contributed by atoms with van der Waals surface area (Å²) in [4.78, 5) is 20.7. The van der Waals surface area contributed by atoms with Gasteiger partial charge < -0.3 is 15.4 Å². The molecule has 0 amide bonds. The number of hydrogen-bond donors (Lipinski definition) is 2. The second kappa shape index (κ2) is 8.08. The topological polar surface area (TPSA) is 76.1 Å². The molecule has 0 radical (unpaired) electrons. The highest BCUT2D eigenvalue weighted by molar-refractivity contribution is 5.96. The zero-order valence-electron chi connectivity index (χ0n) is 16.5. The Bertz CT molecular complexity index is 980. The van der Waals surface area contributed by atoms with E-state index >= 15 is 0 Å². The van der Waals surface area contributed by atoms with Crippen molar-refractivity contribution < 1.29 is 9.53 Å².